The molecule has 0 spiro atoms. The van der Waals surface area contributed by atoms with Crippen LogP contribution in [0.15, 0.2) is 193 Å². The fourth-order valence-electron chi connectivity index (χ4n) is 7.46. The highest BCUT2D eigenvalue weighted by molar-refractivity contribution is 5.89. The van der Waals surface area contributed by atoms with Gasteiger partial charge in [0.05, 0.1) is 0 Å². The summed E-state index contributed by atoms with van der Waals surface area (Å²) in [6, 6.07) is 46.6. The highest BCUT2D eigenvalue weighted by Gasteiger charge is 2.22. The van der Waals surface area contributed by atoms with Crippen LogP contribution in [0.3, 0.4) is 0 Å². The van der Waals surface area contributed by atoms with Crippen LogP contribution in [0.25, 0.3) is 39.0 Å². The summed E-state index contributed by atoms with van der Waals surface area (Å²) in [7, 11) is 0. The lowest BCUT2D eigenvalue weighted by Crippen LogP contribution is -2.19. The molecule has 0 aliphatic heterocycles. The molecule has 0 unspecified atom stereocenters. The van der Waals surface area contributed by atoms with Crippen molar-refractivity contribution in [3.05, 3.63) is 198 Å². The lowest BCUT2D eigenvalue weighted by molar-refractivity contribution is 0.851. The smallest absolute Gasteiger partial charge is 0.0465 e. The number of benzene rings is 5. The Morgan fingerprint density at radius 2 is 0.857 bits per heavy atom. The Kier molecular flexibility index (Phi) is 8.90. The van der Waals surface area contributed by atoms with Gasteiger partial charge in [-0.3, -0.25) is 0 Å². The molecular formula is C48H41N. The van der Waals surface area contributed by atoms with Crippen molar-refractivity contribution in [1.29, 1.82) is 0 Å². The first-order valence-electron chi connectivity index (χ1n) is 17.7. The summed E-state index contributed by atoms with van der Waals surface area (Å²) < 4.78 is 0. The van der Waals surface area contributed by atoms with Gasteiger partial charge in [0.1, 0.15) is 0 Å². The van der Waals surface area contributed by atoms with E-state index in [0.717, 1.165) is 38.5 Å². The molecule has 0 bridgehead atoms. The number of nitrogens with zero attached hydrogens (tertiary/aromatic N) is 1. The summed E-state index contributed by atoms with van der Waals surface area (Å²) in [6.07, 6.45) is 24.7. The number of hydrogen-bond acceptors (Lipinski definition) is 1. The van der Waals surface area contributed by atoms with E-state index in [4.69, 9.17) is 0 Å². The van der Waals surface area contributed by atoms with E-state index in [0.29, 0.717) is 0 Å². The average Bonchev–Trinajstić information content (AvgIpc) is 3.20. The Hall–Kier alpha value is -5.66. The summed E-state index contributed by atoms with van der Waals surface area (Å²) in [4.78, 5) is 2.52. The third kappa shape index (κ3) is 6.58. The molecule has 0 saturated carbocycles. The zero-order chi connectivity index (χ0) is 32.8. The van der Waals surface area contributed by atoms with E-state index in [1.807, 2.05) is 0 Å². The van der Waals surface area contributed by atoms with Gasteiger partial charge in [-0.05, 0) is 125 Å². The second-order valence-corrected chi connectivity index (χ2v) is 13.1. The van der Waals surface area contributed by atoms with Gasteiger partial charge in [0.2, 0.25) is 0 Å². The van der Waals surface area contributed by atoms with E-state index in [9.17, 15) is 0 Å². The molecule has 0 amide bonds. The molecule has 5 aromatic carbocycles. The minimum absolute atomic E-state index is 0.981. The molecule has 0 saturated heterocycles. The Bertz CT molecular complexity index is 2140. The maximum atomic E-state index is 2.52. The SMILES string of the molecule is C1=CCCC(C2=CC=C(N(c3ccc(-c4ccccc4)c(C4=CC=CCC4)c3)c3ccc(-c4ccccc4)c(-c4ccccc4)c3)CC2)=C1. The Morgan fingerprint density at radius 3 is 1.37 bits per heavy atom. The van der Waals surface area contributed by atoms with Gasteiger partial charge in [-0.2, -0.15) is 0 Å². The highest BCUT2D eigenvalue weighted by atomic mass is 15.1. The van der Waals surface area contributed by atoms with Crippen molar-refractivity contribution >= 4 is 16.9 Å². The molecule has 3 aliphatic carbocycles. The van der Waals surface area contributed by atoms with Gasteiger partial charge in [0.15, 0.2) is 0 Å². The van der Waals surface area contributed by atoms with E-state index in [2.05, 4.69) is 181 Å². The second-order valence-electron chi connectivity index (χ2n) is 13.1. The first-order valence-corrected chi connectivity index (χ1v) is 17.7. The molecular weight excluding hydrogens is 591 g/mol. The van der Waals surface area contributed by atoms with E-state index in [-0.39, 0.29) is 0 Å². The molecule has 0 atom stereocenters. The largest absolute Gasteiger partial charge is 0.314 e. The van der Waals surface area contributed by atoms with Crippen molar-refractivity contribution in [2.75, 3.05) is 4.90 Å². The van der Waals surface area contributed by atoms with Crippen LogP contribution in [-0.2, 0) is 0 Å². The maximum Gasteiger partial charge on any atom is 0.0465 e. The molecule has 1 nitrogen and oxygen atoms in total. The number of anilines is 2. The molecule has 0 radical (unpaired) electrons. The van der Waals surface area contributed by atoms with Gasteiger partial charge in [-0.1, -0.05) is 146 Å². The van der Waals surface area contributed by atoms with Crippen molar-refractivity contribution in [3.63, 3.8) is 0 Å². The van der Waals surface area contributed by atoms with Crippen LogP contribution in [0.1, 0.15) is 44.1 Å². The van der Waals surface area contributed by atoms with Gasteiger partial charge >= 0.3 is 0 Å². The van der Waals surface area contributed by atoms with E-state index in [1.165, 1.54) is 72.7 Å². The third-order valence-corrected chi connectivity index (χ3v) is 9.98. The molecule has 3 aliphatic rings. The van der Waals surface area contributed by atoms with Gasteiger partial charge in [0.25, 0.3) is 0 Å². The predicted molar refractivity (Wildman–Crippen MR) is 210 cm³/mol. The van der Waals surface area contributed by atoms with Crippen LogP contribution in [0.4, 0.5) is 11.4 Å². The standard InChI is InChI=1S/C48H41N/c1-6-16-36(17-7-1)37-26-28-42(29-27-37)49(43-30-32-45(38-18-8-2-9-19-38)47(34-43)40-22-12-4-13-23-40)44-31-33-46(39-20-10-3-11-21-39)48(35-44)41-24-14-5-15-25-41/h1-6,8-14,16,18-24,26,28,30-35H,7,15,17,25,27,29H2. The average molecular weight is 632 g/mol. The molecule has 238 valence electrons. The van der Waals surface area contributed by atoms with Gasteiger partial charge < -0.3 is 4.90 Å². The number of allylic oxidation sites excluding steroid dienone is 12. The molecule has 49 heavy (non-hydrogen) atoms. The Balaban J connectivity index is 1.31. The molecule has 5 aromatic rings. The summed E-state index contributed by atoms with van der Waals surface area (Å²) >= 11 is 0. The lowest BCUT2D eigenvalue weighted by Gasteiger charge is -2.32. The molecule has 0 aromatic heterocycles. The van der Waals surface area contributed by atoms with Crippen LogP contribution in [0, 0.1) is 0 Å². The minimum atomic E-state index is 0.981. The second kappa shape index (κ2) is 14.2. The van der Waals surface area contributed by atoms with E-state index in [1.54, 1.807) is 0 Å². The number of hydrogen-bond donors (Lipinski definition) is 0. The first-order chi connectivity index (χ1) is 24.3. The Morgan fingerprint density at radius 1 is 0.367 bits per heavy atom. The zero-order valence-corrected chi connectivity index (χ0v) is 27.9. The fourth-order valence-corrected chi connectivity index (χ4v) is 7.46. The van der Waals surface area contributed by atoms with Crippen LogP contribution in [0.5, 0.6) is 0 Å². The van der Waals surface area contributed by atoms with Crippen molar-refractivity contribution in [1.82, 2.24) is 0 Å². The summed E-state index contributed by atoms with van der Waals surface area (Å²) in [5, 5.41) is 0. The summed E-state index contributed by atoms with van der Waals surface area (Å²) in [5.41, 5.74) is 16.8. The molecule has 0 heterocycles. The van der Waals surface area contributed by atoms with Gasteiger partial charge in [-0.15, -0.1) is 0 Å². The monoisotopic (exact) mass is 631 g/mol. The van der Waals surface area contributed by atoms with Crippen LogP contribution in [0.2, 0.25) is 0 Å². The highest BCUT2D eigenvalue weighted by Crippen LogP contribution is 2.43. The van der Waals surface area contributed by atoms with Crippen LogP contribution in [-0.4, -0.2) is 0 Å². The summed E-state index contributed by atoms with van der Waals surface area (Å²) in [5.74, 6) is 0. The number of rotatable bonds is 8. The van der Waals surface area contributed by atoms with E-state index >= 15 is 0 Å². The zero-order valence-electron chi connectivity index (χ0n) is 27.9. The maximum absolute atomic E-state index is 2.52. The van der Waals surface area contributed by atoms with Gasteiger partial charge in [0, 0.05) is 17.1 Å². The lowest BCUT2D eigenvalue weighted by atomic mass is 9.88. The van der Waals surface area contributed by atoms with Crippen molar-refractivity contribution in [3.8, 4) is 33.4 Å². The van der Waals surface area contributed by atoms with Crippen LogP contribution < -0.4 is 4.90 Å². The van der Waals surface area contributed by atoms with Crippen molar-refractivity contribution < 1.29 is 0 Å². The summed E-state index contributed by atoms with van der Waals surface area (Å²) in [6.45, 7) is 0. The minimum Gasteiger partial charge on any atom is -0.314 e. The van der Waals surface area contributed by atoms with E-state index < -0.39 is 0 Å². The molecule has 1 heteroatoms. The third-order valence-electron chi connectivity index (χ3n) is 9.98. The van der Waals surface area contributed by atoms with Gasteiger partial charge in [-0.25, -0.2) is 0 Å². The normalized spacial score (nSPS) is 15.6. The first kappa shape index (κ1) is 30.7. The van der Waals surface area contributed by atoms with Crippen molar-refractivity contribution in [2.45, 2.75) is 38.5 Å². The molecule has 0 N–H and O–H groups in total. The Labute approximate surface area is 291 Å². The topological polar surface area (TPSA) is 3.24 Å². The van der Waals surface area contributed by atoms with Crippen molar-refractivity contribution in [2.24, 2.45) is 0 Å². The molecule has 8 rings (SSSR count). The van der Waals surface area contributed by atoms with Crippen LogP contribution >= 0.6 is 0 Å². The quantitative estimate of drug-likeness (QED) is 0.165. The fraction of sp³-hybridized carbons (Fsp3) is 0.125. The molecule has 0 fully saturated rings. The predicted octanol–water partition coefficient (Wildman–Crippen LogP) is 13.4.